The van der Waals surface area contributed by atoms with Gasteiger partial charge in [0.15, 0.2) is 11.6 Å². The zero-order valence-corrected chi connectivity index (χ0v) is 8.86. The van der Waals surface area contributed by atoms with Crippen molar-refractivity contribution < 1.29 is 9.47 Å². The number of hydrogen-bond donors (Lipinski definition) is 2. The number of aromatic amines is 1. The zero-order valence-electron chi connectivity index (χ0n) is 8.86. The van der Waals surface area contributed by atoms with Gasteiger partial charge in [0.1, 0.15) is 0 Å². The summed E-state index contributed by atoms with van der Waals surface area (Å²) in [5.74, 6) is 0.171. The van der Waals surface area contributed by atoms with Gasteiger partial charge in [0.05, 0.1) is 25.8 Å². The fourth-order valence-corrected chi connectivity index (χ4v) is 1.30. The Labute approximate surface area is 87.5 Å². The van der Waals surface area contributed by atoms with Crippen LogP contribution in [-0.4, -0.2) is 45.7 Å². The lowest BCUT2D eigenvalue weighted by atomic mass is 10.2. The van der Waals surface area contributed by atoms with Crippen molar-refractivity contribution in [1.29, 1.82) is 0 Å². The number of ether oxygens (including phenoxy) is 2. The molecule has 0 aliphatic carbocycles. The molecule has 1 saturated heterocycles. The van der Waals surface area contributed by atoms with Crippen molar-refractivity contribution in [3.63, 3.8) is 0 Å². The molecule has 0 saturated carbocycles. The Hall–Kier alpha value is -1.05. The van der Waals surface area contributed by atoms with Gasteiger partial charge in [-0.25, -0.2) is 0 Å². The van der Waals surface area contributed by atoms with Gasteiger partial charge in [-0.15, -0.1) is 10.2 Å². The molecular formula is C8H15N5O2. The molecule has 2 N–H and O–H groups in total. The Kier molecular flexibility index (Phi) is 2.94. The molecule has 15 heavy (non-hydrogen) atoms. The lowest BCUT2D eigenvalue weighted by Gasteiger charge is -2.35. The Morgan fingerprint density at radius 1 is 1.47 bits per heavy atom. The van der Waals surface area contributed by atoms with Crippen molar-refractivity contribution in [2.45, 2.75) is 32.2 Å². The fourth-order valence-electron chi connectivity index (χ4n) is 1.30. The van der Waals surface area contributed by atoms with Crippen LogP contribution < -0.4 is 5.32 Å². The van der Waals surface area contributed by atoms with Gasteiger partial charge >= 0.3 is 0 Å². The predicted octanol–water partition coefficient (Wildman–Crippen LogP) is -0.559. The molecule has 1 aliphatic rings. The van der Waals surface area contributed by atoms with E-state index in [1.165, 1.54) is 0 Å². The maximum absolute atomic E-state index is 5.50. The average Bonchev–Trinajstić information content (AvgIpc) is 2.69. The minimum atomic E-state index is -0.468. The smallest absolute Gasteiger partial charge is 0.188 e. The van der Waals surface area contributed by atoms with Crippen LogP contribution in [0.15, 0.2) is 0 Å². The summed E-state index contributed by atoms with van der Waals surface area (Å²) in [5, 5.41) is 16.8. The summed E-state index contributed by atoms with van der Waals surface area (Å²) in [6.07, 6.45) is 0. The first-order chi connectivity index (χ1) is 7.16. The second kappa shape index (κ2) is 4.21. The van der Waals surface area contributed by atoms with E-state index in [2.05, 4.69) is 25.9 Å². The maximum Gasteiger partial charge on any atom is 0.188 e. The van der Waals surface area contributed by atoms with Crippen LogP contribution in [0.2, 0.25) is 0 Å². The predicted molar refractivity (Wildman–Crippen MR) is 50.8 cm³/mol. The van der Waals surface area contributed by atoms with Crippen LogP contribution in [0.4, 0.5) is 0 Å². The number of H-pyrrole nitrogens is 1. The summed E-state index contributed by atoms with van der Waals surface area (Å²) >= 11 is 0. The van der Waals surface area contributed by atoms with Crippen molar-refractivity contribution in [3.8, 4) is 0 Å². The van der Waals surface area contributed by atoms with Gasteiger partial charge in [-0.1, -0.05) is 5.21 Å². The van der Waals surface area contributed by atoms with E-state index in [1.54, 1.807) is 0 Å². The molecule has 0 radical (unpaired) electrons. The highest BCUT2D eigenvalue weighted by Gasteiger charge is 2.27. The minimum absolute atomic E-state index is 0.177. The summed E-state index contributed by atoms with van der Waals surface area (Å²) < 4.78 is 11.0. The van der Waals surface area contributed by atoms with E-state index >= 15 is 0 Å². The van der Waals surface area contributed by atoms with Crippen molar-refractivity contribution >= 4 is 0 Å². The molecule has 84 valence electrons. The Bertz CT molecular complexity index is 290. The van der Waals surface area contributed by atoms with Crippen molar-refractivity contribution in [3.05, 3.63) is 5.82 Å². The summed E-state index contributed by atoms with van der Waals surface area (Å²) in [6, 6.07) is 0.177. The second-order valence-electron chi connectivity index (χ2n) is 3.93. The summed E-state index contributed by atoms with van der Waals surface area (Å²) in [4.78, 5) is 0. The third kappa shape index (κ3) is 2.95. The topological polar surface area (TPSA) is 85.0 Å². The van der Waals surface area contributed by atoms with E-state index in [0.29, 0.717) is 25.6 Å². The van der Waals surface area contributed by atoms with Crippen LogP contribution >= 0.6 is 0 Å². The van der Waals surface area contributed by atoms with E-state index in [-0.39, 0.29) is 6.04 Å². The number of nitrogens with one attached hydrogen (secondary N) is 2. The molecule has 2 heterocycles. The largest absolute Gasteiger partial charge is 0.349 e. The van der Waals surface area contributed by atoms with Gasteiger partial charge in [-0.3, -0.25) is 0 Å². The molecule has 0 amide bonds. The van der Waals surface area contributed by atoms with Gasteiger partial charge in [-0.05, 0) is 13.8 Å². The average molecular weight is 213 g/mol. The Balaban J connectivity index is 1.73. The van der Waals surface area contributed by atoms with Crippen molar-refractivity contribution in [1.82, 2.24) is 25.9 Å². The van der Waals surface area contributed by atoms with E-state index in [1.807, 2.05) is 13.8 Å². The minimum Gasteiger partial charge on any atom is -0.349 e. The number of rotatable bonds is 3. The molecule has 1 aromatic heterocycles. The lowest BCUT2D eigenvalue weighted by Crippen LogP contribution is -2.48. The van der Waals surface area contributed by atoms with E-state index < -0.39 is 5.79 Å². The normalized spacial score (nSPS) is 21.7. The molecule has 1 fully saturated rings. The van der Waals surface area contributed by atoms with Gasteiger partial charge in [0, 0.05) is 0 Å². The van der Waals surface area contributed by atoms with E-state index in [4.69, 9.17) is 9.47 Å². The third-order valence-electron chi connectivity index (χ3n) is 2.20. The van der Waals surface area contributed by atoms with Crippen LogP contribution in [0.1, 0.15) is 19.7 Å². The zero-order chi connectivity index (χ0) is 10.7. The van der Waals surface area contributed by atoms with Gasteiger partial charge in [0.25, 0.3) is 0 Å². The SMILES string of the molecule is CC1(C)OCC(NCc2nn[nH]n2)CO1. The molecule has 0 aromatic carbocycles. The summed E-state index contributed by atoms with van der Waals surface area (Å²) in [5.41, 5.74) is 0. The number of nitrogens with zero attached hydrogens (tertiary/aromatic N) is 3. The Morgan fingerprint density at radius 2 is 2.20 bits per heavy atom. The van der Waals surface area contributed by atoms with E-state index in [9.17, 15) is 0 Å². The molecule has 1 aliphatic heterocycles. The van der Waals surface area contributed by atoms with Crippen LogP contribution in [-0.2, 0) is 16.0 Å². The molecule has 7 nitrogen and oxygen atoms in total. The monoisotopic (exact) mass is 213 g/mol. The van der Waals surface area contributed by atoms with Crippen LogP contribution in [0.5, 0.6) is 0 Å². The first-order valence-electron chi connectivity index (χ1n) is 4.89. The highest BCUT2D eigenvalue weighted by molar-refractivity contribution is 4.79. The van der Waals surface area contributed by atoms with Crippen LogP contribution in [0.25, 0.3) is 0 Å². The maximum atomic E-state index is 5.50. The molecule has 0 unspecified atom stereocenters. The first-order valence-corrected chi connectivity index (χ1v) is 4.89. The molecule has 0 bridgehead atoms. The van der Waals surface area contributed by atoms with Gasteiger partial charge in [-0.2, -0.15) is 5.21 Å². The van der Waals surface area contributed by atoms with E-state index in [0.717, 1.165) is 0 Å². The van der Waals surface area contributed by atoms with Gasteiger partial charge < -0.3 is 14.8 Å². The first kappa shape index (κ1) is 10.5. The Morgan fingerprint density at radius 3 is 2.80 bits per heavy atom. The second-order valence-corrected chi connectivity index (χ2v) is 3.93. The highest BCUT2D eigenvalue weighted by Crippen LogP contribution is 2.16. The highest BCUT2D eigenvalue weighted by atomic mass is 16.7. The third-order valence-corrected chi connectivity index (χ3v) is 2.20. The summed E-state index contributed by atoms with van der Waals surface area (Å²) in [7, 11) is 0. The van der Waals surface area contributed by atoms with Crippen molar-refractivity contribution in [2.75, 3.05) is 13.2 Å². The van der Waals surface area contributed by atoms with Crippen molar-refractivity contribution in [2.24, 2.45) is 0 Å². The summed E-state index contributed by atoms with van der Waals surface area (Å²) in [6.45, 7) is 5.63. The molecule has 0 atom stereocenters. The molecule has 1 aromatic rings. The number of aromatic nitrogens is 4. The van der Waals surface area contributed by atoms with Crippen LogP contribution in [0.3, 0.4) is 0 Å². The number of hydrogen-bond acceptors (Lipinski definition) is 6. The van der Waals surface area contributed by atoms with Crippen LogP contribution in [0, 0.1) is 0 Å². The molecule has 2 rings (SSSR count). The van der Waals surface area contributed by atoms with Gasteiger partial charge in [0.2, 0.25) is 0 Å². The molecule has 0 spiro atoms. The standard InChI is InChI=1S/C8H15N5O2/c1-8(2)14-4-6(5-15-8)9-3-7-10-12-13-11-7/h6,9H,3-5H2,1-2H3,(H,10,11,12,13). The molecular weight excluding hydrogens is 198 g/mol. The lowest BCUT2D eigenvalue weighted by molar-refractivity contribution is -0.253. The quantitative estimate of drug-likeness (QED) is 0.700. The number of tetrazole rings is 1. The molecule has 7 heteroatoms. The fraction of sp³-hybridized carbons (Fsp3) is 0.875.